The number of likely N-dealkylation sites (tertiary alicyclic amines) is 1. The van der Waals surface area contributed by atoms with Crippen LogP contribution in [-0.2, 0) is 19.1 Å². The van der Waals surface area contributed by atoms with E-state index in [-0.39, 0.29) is 37.3 Å². The number of benzene rings is 1. The van der Waals surface area contributed by atoms with Crippen molar-refractivity contribution in [3.8, 4) is 0 Å². The largest absolute Gasteiger partial charge is 0.463 e. The molecule has 0 radical (unpaired) electrons. The van der Waals surface area contributed by atoms with Gasteiger partial charge in [-0.15, -0.1) is 0 Å². The van der Waals surface area contributed by atoms with Crippen molar-refractivity contribution in [3.05, 3.63) is 46.7 Å². The Hall–Kier alpha value is -2.63. The molecule has 1 atom stereocenters. The second kappa shape index (κ2) is 9.45. The third-order valence-corrected chi connectivity index (χ3v) is 6.19. The molecule has 2 aliphatic rings. The molecule has 1 aromatic carbocycles. The van der Waals surface area contributed by atoms with Crippen LogP contribution in [0.4, 0.5) is 0 Å². The van der Waals surface area contributed by atoms with Crippen LogP contribution in [-0.4, -0.2) is 53.8 Å². The summed E-state index contributed by atoms with van der Waals surface area (Å²) in [6.07, 6.45) is 2.12. The molecule has 1 aromatic rings. The molecule has 6 nitrogen and oxygen atoms in total. The number of aryl methyl sites for hydroxylation is 1. The number of hydrogen-bond acceptors (Lipinski definition) is 4. The van der Waals surface area contributed by atoms with Crippen molar-refractivity contribution < 1.29 is 19.1 Å². The van der Waals surface area contributed by atoms with Gasteiger partial charge in [-0.25, -0.2) is 4.79 Å². The zero-order valence-corrected chi connectivity index (χ0v) is 18.4. The van der Waals surface area contributed by atoms with E-state index in [9.17, 15) is 14.4 Å². The third kappa shape index (κ3) is 4.74. The number of piperidine rings is 1. The predicted molar refractivity (Wildman–Crippen MR) is 115 cm³/mol. The van der Waals surface area contributed by atoms with Gasteiger partial charge in [-0.2, -0.15) is 0 Å². The van der Waals surface area contributed by atoms with Crippen molar-refractivity contribution in [2.75, 3.05) is 26.2 Å². The van der Waals surface area contributed by atoms with Crippen molar-refractivity contribution >= 4 is 17.8 Å². The maximum Gasteiger partial charge on any atom is 0.336 e. The number of carbonyl (C=O) groups excluding carboxylic acids is 3. The SMILES string of the molecule is CCOC(=O)C1=C(C)N(CC(=O)N2CCC(C)CC2)C(=O)C[C@@H]1c1cccc(C)c1. The molecule has 2 amide bonds. The van der Waals surface area contributed by atoms with E-state index in [2.05, 4.69) is 6.92 Å². The van der Waals surface area contributed by atoms with Crippen LogP contribution in [0.2, 0.25) is 0 Å². The van der Waals surface area contributed by atoms with Gasteiger partial charge in [0.2, 0.25) is 11.8 Å². The Labute approximate surface area is 178 Å². The molecule has 2 heterocycles. The van der Waals surface area contributed by atoms with Gasteiger partial charge in [0.25, 0.3) is 0 Å². The van der Waals surface area contributed by atoms with E-state index in [4.69, 9.17) is 4.74 Å². The molecule has 0 spiro atoms. The highest BCUT2D eigenvalue weighted by molar-refractivity contribution is 5.97. The Morgan fingerprint density at radius 3 is 2.50 bits per heavy atom. The minimum atomic E-state index is -0.418. The maximum atomic E-state index is 13.0. The molecule has 2 aliphatic heterocycles. The average Bonchev–Trinajstić information content (AvgIpc) is 2.71. The van der Waals surface area contributed by atoms with E-state index in [0.29, 0.717) is 17.2 Å². The normalized spacial score (nSPS) is 20.5. The number of nitrogens with zero attached hydrogens (tertiary/aromatic N) is 2. The van der Waals surface area contributed by atoms with Crippen LogP contribution in [0.3, 0.4) is 0 Å². The van der Waals surface area contributed by atoms with Gasteiger partial charge in [-0.05, 0) is 45.1 Å². The predicted octanol–water partition coefficient (Wildman–Crippen LogP) is 3.41. The number of hydrogen-bond donors (Lipinski definition) is 0. The van der Waals surface area contributed by atoms with E-state index in [1.54, 1.807) is 13.8 Å². The molecule has 0 N–H and O–H groups in total. The first-order valence-corrected chi connectivity index (χ1v) is 10.8. The van der Waals surface area contributed by atoms with Gasteiger partial charge in [0.05, 0.1) is 12.2 Å². The van der Waals surface area contributed by atoms with Crippen LogP contribution >= 0.6 is 0 Å². The summed E-state index contributed by atoms with van der Waals surface area (Å²) < 4.78 is 5.32. The fourth-order valence-corrected chi connectivity index (χ4v) is 4.34. The van der Waals surface area contributed by atoms with E-state index in [1.807, 2.05) is 36.1 Å². The van der Waals surface area contributed by atoms with Gasteiger partial charge in [0, 0.05) is 31.1 Å². The van der Waals surface area contributed by atoms with Gasteiger partial charge in [-0.1, -0.05) is 36.8 Å². The third-order valence-electron chi connectivity index (χ3n) is 6.19. The van der Waals surface area contributed by atoms with E-state index >= 15 is 0 Å². The second-order valence-corrected chi connectivity index (χ2v) is 8.43. The first-order valence-electron chi connectivity index (χ1n) is 10.8. The van der Waals surface area contributed by atoms with E-state index < -0.39 is 5.97 Å². The first-order chi connectivity index (χ1) is 14.3. The molecule has 30 heavy (non-hydrogen) atoms. The number of rotatable bonds is 5. The smallest absolute Gasteiger partial charge is 0.336 e. The Morgan fingerprint density at radius 2 is 1.87 bits per heavy atom. The summed E-state index contributed by atoms with van der Waals surface area (Å²) in [5, 5.41) is 0. The molecule has 3 rings (SSSR count). The van der Waals surface area contributed by atoms with Gasteiger partial charge >= 0.3 is 5.97 Å². The van der Waals surface area contributed by atoms with Crippen molar-refractivity contribution in [1.29, 1.82) is 0 Å². The van der Waals surface area contributed by atoms with Gasteiger partial charge in [0.15, 0.2) is 0 Å². The summed E-state index contributed by atoms with van der Waals surface area (Å²) in [5.74, 6) is -0.354. The highest BCUT2D eigenvalue weighted by Gasteiger charge is 2.38. The van der Waals surface area contributed by atoms with Crippen LogP contribution < -0.4 is 0 Å². The lowest BCUT2D eigenvalue weighted by Crippen LogP contribution is -2.47. The van der Waals surface area contributed by atoms with Crippen LogP contribution in [0.15, 0.2) is 35.5 Å². The lowest BCUT2D eigenvalue weighted by Gasteiger charge is -2.36. The lowest BCUT2D eigenvalue weighted by molar-refractivity contribution is -0.143. The number of allylic oxidation sites excluding steroid dienone is 1. The van der Waals surface area contributed by atoms with Crippen molar-refractivity contribution in [3.63, 3.8) is 0 Å². The van der Waals surface area contributed by atoms with Crippen LogP contribution in [0.1, 0.15) is 57.1 Å². The monoisotopic (exact) mass is 412 g/mol. The topological polar surface area (TPSA) is 66.9 Å². The highest BCUT2D eigenvalue weighted by atomic mass is 16.5. The number of amides is 2. The van der Waals surface area contributed by atoms with Crippen LogP contribution in [0, 0.1) is 12.8 Å². The number of carbonyl (C=O) groups is 3. The summed E-state index contributed by atoms with van der Waals surface area (Å²) >= 11 is 0. The second-order valence-electron chi connectivity index (χ2n) is 8.43. The van der Waals surface area contributed by atoms with Gasteiger partial charge in [-0.3, -0.25) is 9.59 Å². The minimum absolute atomic E-state index is 0.0253. The quantitative estimate of drug-likeness (QED) is 0.695. The Morgan fingerprint density at radius 1 is 1.17 bits per heavy atom. The zero-order valence-electron chi connectivity index (χ0n) is 18.4. The summed E-state index contributed by atoms with van der Waals surface area (Å²) in [6.45, 7) is 9.37. The van der Waals surface area contributed by atoms with Crippen LogP contribution in [0.25, 0.3) is 0 Å². The molecule has 0 aliphatic carbocycles. The summed E-state index contributed by atoms with van der Waals surface area (Å²) in [6, 6.07) is 7.85. The fraction of sp³-hybridized carbons (Fsp3) is 0.542. The molecule has 0 aromatic heterocycles. The Bertz CT molecular complexity index is 853. The average molecular weight is 413 g/mol. The molecule has 6 heteroatoms. The van der Waals surface area contributed by atoms with Crippen molar-refractivity contribution in [2.24, 2.45) is 5.92 Å². The van der Waals surface area contributed by atoms with Gasteiger partial charge < -0.3 is 14.5 Å². The summed E-state index contributed by atoms with van der Waals surface area (Å²) in [4.78, 5) is 42.0. The van der Waals surface area contributed by atoms with Crippen molar-refractivity contribution in [2.45, 2.75) is 52.9 Å². The molecule has 1 fully saturated rings. The summed E-state index contributed by atoms with van der Waals surface area (Å²) in [5.41, 5.74) is 2.98. The molecule has 162 valence electrons. The first kappa shape index (κ1) is 22.1. The van der Waals surface area contributed by atoms with E-state index in [1.165, 1.54) is 4.90 Å². The van der Waals surface area contributed by atoms with E-state index in [0.717, 1.165) is 37.1 Å². The number of esters is 1. The lowest BCUT2D eigenvalue weighted by atomic mass is 9.83. The maximum absolute atomic E-state index is 13.0. The molecular weight excluding hydrogens is 380 g/mol. The highest BCUT2D eigenvalue weighted by Crippen LogP contribution is 2.37. The summed E-state index contributed by atoms with van der Waals surface area (Å²) in [7, 11) is 0. The van der Waals surface area contributed by atoms with Crippen LogP contribution in [0.5, 0.6) is 0 Å². The van der Waals surface area contributed by atoms with Crippen molar-refractivity contribution in [1.82, 2.24) is 9.80 Å². The fourth-order valence-electron chi connectivity index (χ4n) is 4.34. The molecule has 0 unspecified atom stereocenters. The molecular formula is C24H32N2O4. The standard InChI is InChI=1S/C24H32N2O4/c1-5-30-24(29)23-18(4)26(15-22(28)25-11-9-16(2)10-12-25)21(27)14-20(23)19-8-6-7-17(3)13-19/h6-8,13,16,20H,5,9-12,14-15H2,1-4H3/t20-/m1/s1. The molecule has 0 saturated carbocycles. The molecule has 1 saturated heterocycles. The Kier molecular flexibility index (Phi) is 6.95. The minimum Gasteiger partial charge on any atom is -0.463 e. The van der Waals surface area contributed by atoms with Gasteiger partial charge in [0.1, 0.15) is 6.54 Å². The number of ether oxygens (including phenoxy) is 1. The Balaban J connectivity index is 1.90. The zero-order chi connectivity index (χ0) is 21.8. The molecule has 0 bridgehead atoms.